The lowest BCUT2D eigenvalue weighted by atomic mass is 10.0. The third kappa shape index (κ3) is 3.12. The number of hydrogen-bond donors (Lipinski definition) is 1. The van der Waals surface area contributed by atoms with Gasteiger partial charge in [0.1, 0.15) is 5.60 Å². The maximum atomic E-state index is 5.93. The normalized spacial score (nSPS) is 21.6. The molecule has 0 aliphatic carbocycles. The van der Waals surface area contributed by atoms with Crippen LogP contribution in [0.15, 0.2) is 18.5 Å². The third-order valence-electron chi connectivity index (χ3n) is 3.37. The van der Waals surface area contributed by atoms with Crippen LogP contribution in [0.25, 0.3) is 5.95 Å². The number of halogens is 1. The molecule has 2 aromatic rings. The van der Waals surface area contributed by atoms with Crippen molar-refractivity contribution >= 4 is 17.5 Å². The zero-order valence-electron chi connectivity index (χ0n) is 11.5. The molecule has 0 saturated carbocycles. The first-order valence-corrected chi connectivity index (χ1v) is 6.87. The van der Waals surface area contributed by atoms with E-state index in [1.54, 1.807) is 25.6 Å². The highest BCUT2D eigenvalue weighted by atomic mass is 35.5. The van der Waals surface area contributed by atoms with Gasteiger partial charge in [0.15, 0.2) is 0 Å². The Labute approximate surface area is 126 Å². The van der Waals surface area contributed by atoms with Crippen molar-refractivity contribution in [2.75, 3.05) is 32.2 Å². The van der Waals surface area contributed by atoms with Crippen LogP contribution in [-0.2, 0) is 9.47 Å². The van der Waals surface area contributed by atoms with E-state index in [-0.39, 0.29) is 10.9 Å². The zero-order chi connectivity index (χ0) is 14.7. The van der Waals surface area contributed by atoms with E-state index in [4.69, 9.17) is 21.1 Å². The summed E-state index contributed by atoms with van der Waals surface area (Å²) in [5.41, 5.74) is -0.356. The minimum absolute atomic E-state index is 0.104. The van der Waals surface area contributed by atoms with Crippen LogP contribution in [0.1, 0.15) is 6.42 Å². The molecular formula is C12H15ClN6O2. The molecule has 9 heteroatoms. The molecule has 0 spiro atoms. The molecule has 21 heavy (non-hydrogen) atoms. The third-order valence-corrected chi connectivity index (χ3v) is 3.54. The Hall–Kier alpha value is -1.77. The van der Waals surface area contributed by atoms with E-state index in [1.165, 1.54) is 4.68 Å². The van der Waals surface area contributed by atoms with Gasteiger partial charge >= 0.3 is 0 Å². The van der Waals surface area contributed by atoms with Crippen LogP contribution in [0.2, 0.25) is 5.28 Å². The molecular weight excluding hydrogens is 296 g/mol. The van der Waals surface area contributed by atoms with E-state index in [0.717, 1.165) is 6.42 Å². The summed E-state index contributed by atoms with van der Waals surface area (Å²) in [4.78, 5) is 12.4. The van der Waals surface area contributed by atoms with Gasteiger partial charge in [-0.05, 0) is 17.7 Å². The molecule has 3 heterocycles. The SMILES string of the molecule is COC1(CNc2nc(Cl)nc(-n3cccn3)n2)CCOC1. The van der Waals surface area contributed by atoms with Gasteiger partial charge in [-0.25, -0.2) is 4.68 Å². The summed E-state index contributed by atoms with van der Waals surface area (Å²) in [7, 11) is 1.67. The lowest BCUT2D eigenvalue weighted by molar-refractivity contribution is -0.00631. The Morgan fingerprint density at radius 3 is 3.05 bits per heavy atom. The molecule has 0 radical (unpaired) electrons. The molecule has 1 aliphatic rings. The number of aromatic nitrogens is 5. The summed E-state index contributed by atoms with van der Waals surface area (Å²) in [5.74, 6) is 0.737. The molecule has 3 rings (SSSR count). The molecule has 0 amide bonds. The minimum atomic E-state index is -0.356. The van der Waals surface area contributed by atoms with Crippen LogP contribution < -0.4 is 5.32 Å². The van der Waals surface area contributed by atoms with E-state index >= 15 is 0 Å². The van der Waals surface area contributed by atoms with Gasteiger partial charge in [0, 0.05) is 39.1 Å². The Morgan fingerprint density at radius 1 is 1.48 bits per heavy atom. The highest BCUT2D eigenvalue weighted by Crippen LogP contribution is 2.22. The Balaban J connectivity index is 1.76. The van der Waals surface area contributed by atoms with E-state index in [9.17, 15) is 0 Å². The number of ether oxygens (including phenoxy) is 2. The molecule has 1 unspecified atom stereocenters. The second kappa shape index (κ2) is 5.92. The molecule has 1 fully saturated rings. The molecule has 1 N–H and O–H groups in total. The zero-order valence-corrected chi connectivity index (χ0v) is 12.2. The highest BCUT2D eigenvalue weighted by molar-refractivity contribution is 6.28. The van der Waals surface area contributed by atoms with Gasteiger partial charge in [-0.3, -0.25) is 0 Å². The minimum Gasteiger partial charge on any atom is -0.378 e. The van der Waals surface area contributed by atoms with Crippen LogP contribution in [0.3, 0.4) is 0 Å². The Morgan fingerprint density at radius 2 is 2.38 bits per heavy atom. The van der Waals surface area contributed by atoms with Crippen molar-refractivity contribution in [3.05, 3.63) is 23.7 Å². The fraction of sp³-hybridized carbons (Fsp3) is 0.500. The van der Waals surface area contributed by atoms with Gasteiger partial charge in [0.2, 0.25) is 11.2 Å². The molecule has 8 nitrogen and oxygen atoms in total. The standard InChI is InChI=1S/C12H15ClN6O2/c1-20-12(3-6-21-8-12)7-14-10-16-9(13)17-11(18-10)19-5-2-4-15-19/h2,4-5H,3,6-8H2,1H3,(H,14,16,17,18). The summed E-state index contributed by atoms with van der Waals surface area (Å²) >= 11 is 5.93. The van der Waals surface area contributed by atoms with Gasteiger partial charge in [-0.15, -0.1) is 0 Å². The van der Waals surface area contributed by atoms with Crippen LogP contribution in [0.4, 0.5) is 5.95 Å². The molecule has 0 aromatic carbocycles. The lowest BCUT2D eigenvalue weighted by Crippen LogP contribution is -2.40. The summed E-state index contributed by atoms with van der Waals surface area (Å²) < 4.78 is 12.4. The Kier molecular flexibility index (Phi) is 4.00. The summed E-state index contributed by atoms with van der Waals surface area (Å²) in [6, 6.07) is 1.78. The monoisotopic (exact) mass is 310 g/mol. The van der Waals surface area contributed by atoms with Crippen LogP contribution >= 0.6 is 11.6 Å². The number of nitrogens with zero attached hydrogens (tertiary/aromatic N) is 5. The maximum absolute atomic E-state index is 5.93. The summed E-state index contributed by atoms with van der Waals surface area (Å²) in [6.45, 7) is 1.76. The average molecular weight is 311 g/mol. The highest BCUT2D eigenvalue weighted by Gasteiger charge is 2.35. The number of methoxy groups -OCH3 is 1. The topological polar surface area (TPSA) is 87.0 Å². The van der Waals surface area contributed by atoms with Crippen molar-refractivity contribution in [2.45, 2.75) is 12.0 Å². The van der Waals surface area contributed by atoms with E-state index in [1.807, 2.05) is 0 Å². The van der Waals surface area contributed by atoms with E-state index in [0.29, 0.717) is 31.7 Å². The summed E-state index contributed by atoms with van der Waals surface area (Å²) in [6.07, 6.45) is 4.19. The second-order valence-corrected chi connectivity index (χ2v) is 5.06. The van der Waals surface area contributed by atoms with Gasteiger partial charge < -0.3 is 14.8 Å². The number of anilines is 1. The molecule has 2 aromatic heterocycles. The Bertz CT molecular complexity index is 600. The van der Waals surface area contributed by atoms with Gasteiger partial charge in [0.25, 0.3) is 5.95 Å². The first-order valence-electron chi connectivity index (χ1n) is 6.49. The van der Waals surface area contributed by atoms with E-state index in [2.05, 4.69) is 25.4 Å². The quantitative estimate of drug-likeness (QED) is 0.879. The number of rotatable bonds is 5. The van der Waals surface area contributed by atoms with Gasteiger partial charge in [0.05, 0.1) is 6.61 Å². The number of hydrogen-bond acceptors (Lipinski definition) is 7. The van der Waals surface area contributed by atoms with Crippen molar-refractivity contribution in [1.82, 2.24) is 24.7 Å². The van der Waals surface area contributed by atoms with Crippen molar-refractivity contribution in [2.24, 2.45) is 0 Å². The predicted octanol–water partition coefficient (Wildman–Crippen LogP) is 0.928. The first kappa shape index (κ1) is 14.2. The lowest BCUT2D eigenvalue weighted by Gasteiger charge is -2.25. The molecule has 1 saturated heterocycles. The van der Waals surface area contributed by atoms with Crippen LogP contribution in [0.5, 0.6) is 0 Å². The smallest absolute Gasteiger partial charge is 0.256 e. The summed E-state index contributed by atoms with van der Waals surface area (Å²) in [5, 5.41) is 7.30. The fourth-order valence-corrected chi connectivity index (χ4v) is 2.27. The average Bonchev–Trinajstić information content (AvgIpc) is 3.17. The molecule has 1 aliphatic heterocycles. The van der Waals surface area contributed by atoms with Crippen molar-refractivity contribution in [3.8, 4) is 5.95 Å². The largest absolute Gasteiger partial charge is 0.378 e. The first-order chi connectivity index (χ1) is 10.2. The molecule has 0 bridgehead atoms. The van der Waals surface area contributed by atoms with Gasteiger partial charge in [-0.2, -0.15) is 20.1 Å². The maximum Gasteiger partial charge on any atom is 0.256 e. The van der Waals surface area contributed by atoms with E-state index < -0.39 is 0 Å². The van der Waals surface area contributed by atoms with Gasteiger partial charge in [-0.1, -0.05) is 0 Å². The van der Waals surface area contributed by atoms with Crippen molar-refractivity contribution in [3.63, 3.8) is 0 Å². The van der Waals surface area contributed by atoms with Crippen LogP contribution in [0, 0.1) is 0 Å². The fourth-order valence-electron chi connectivity index (χ4n) is 2.11. The molecule has 1 atom stereocenters. The number of nitrogens with one attached hydrogen (secondary N) is 1. The van der Waals surface area contributed by atoms with Crippen molar-refractivity contribution < 1.29 is 9.47 Å². The van der Waals surface area contributed by atoms with Crippen molar-refractivity contribution in [1.29, 1.82) is 0 Å². The van der Waals surface area contributed by atoms with Crippen LogP contribution in [-0.4, -0.2) is 57.2 Å². The molecule has 112 valence electrons. The predicted molar refractivity (Wildman–Crippen MR) is 75.6 cm³/mol. The second-order valence-electron chi connectivity index (χ2n) is 4.72.